The number of nitrogens with one attached hydrogen (secondary N) is 1. The van der Waals surface area contributed by atoms with Crippen LogP contribution in [-0.2, 0) is 10.0 Å². The Kier molecular flexibility index (Phi) is 5.07. The molecule has 22 heavy (non-hydrogen) atoms. The molecule has 0 radical (unpaired) electrons. The van der Waals surface area contributed by atoms with E-state index in [4.69, 9.17) is 0 Å². The molecule has 6 heteroatoms. The molecule has 2 aromatic rings. The molecular formula is C16H21NO3S2. The highest BCUT2D eigenvalue weighted by atomic mass is 32.2. The second kappa shape index (κ2) is 6.50. The van der Waals surface area contributed by atoms with Crippen LogP contribution in [0.5, 0.6) is 0 Å². The number of benzene rings is 1. The number of aryl methyl sites for hydroxylation is 2. The predicted molar refractivity (Wildman–Crippen MR) is 89.9 cm³/mol. The first-order valence-corrected chi connectivity index (χ1v) is 9.44. The molecule has 120 valence electrons. The summed E-state index contributed by atoms with van der Waals surface area (Å²) in [4.78, 5) is 0.322. The Labute approximate surface area is 135 Å². The Morgan fingerprint density at radius 3 is 2.27 bits per heavy atom. The molecule has 4 nitrogen and oxygen atoms in total. The average Bonchev–Trinajstić information content (AvgIpc) is 2.97. The topological polar surface area (TPSA) is 66.4 Å². The minimum Gasteiger partial charge on any atom is -0.387 e. The van der Waals surface area contributed by atoms with E-state index in [2.05, 4.69) is 4.72 Å². The second-order valence-corrected chi connectivity index (χ2v) is 8.00. The summed E-state index contributed by atoms with van der Waals surface area (Å²) in [5.74, 6) is 0. The molecule has 0 saturated carbocycles. The Hall–Kier alpha value is -1.21. The normalized spacial score (nSPS) is 13.3. The third-order valence-corrected chi connectivity index (χ3v) is 6.36. The molecule has 1 aromatic heterocycles. The number of aliphatic hydroxyl groups excluding tert-OH is 1. The number of thiophene rings is 1. The molecule has 2 rings (SSSR count). The van der Waals surface area contributed by atoms with Crippen LogP contribution >= 0.6 is 11.3 Å². The first kappa shape index (κ1) is 17.1. The Balaban J connectivity index is 2.28. The number of sulfonamides is 1. The maximum Gasteiger partial charge on any atom is 0.241 e. The van der Waals surface area contributed by atoms with Gasteiger partial charge < -0.3 is 5.11 Å². The van der Waals surface area contributed by atoms with Gasteiger partial charge in [-0.25, -0.2) is 13.1 Å². The summed E-state index contributed by atoms with van der Waals surface area (Å²) in [5.41, 5.74) is 4.12. The van der Waals surface area contributed by atoms with Crippen LogP contribution in [0.3, 0.4) is 0 Å². The quantitative estimate of drug-likeness (QED) is 0.880. The van der Waals surface area contributed by atoms with Crippen LogP contribution in [0.4, 0.5) is 0 Å². The zero-order chi connectivity index (χ0) is 16.5. The fourth-order valence-corrected chi connectivity index (χ4v) is 4.78. The lowest BCUT2D eigenvalue weighted by molar-refractivity contribution is 0.182. The van der Waals surface area contributed by atoms with E-state index in [0.29, 0.717) is 4.90 Å². The summed E-state index contributed by atoms with van der Waals surface area (Å²) in [6.07, 6.45) is -0.840. The molecule has 0 aliphatic rings. The van der Waals surface area contributed by atoms with Crippen molar-refractivity contribution in [3.05, 3.63) is 50.7 Å². The van der Waals surface area contributed by atoms with Gasteiger partial charge in [0, 0.05) is 6.54 Å². The molecule has 0 saturated heterocycles. The molecule has 0 amide bonds. The first-order valence-electron chi connectivity index (χ1n) is 7.01. The number of hydrogen-bond acceptors (Lipinski definition) is 4. The van der Waals surface area contributed by atoms with Crippen LogP contribution < -0.4 is 4.72 Å². The van der Waals surface area contributed by atoms with Gasteiger partial charge >= 0.3 is 0 Å². The Bertz CT molecular complexity index is 739. The third-order valence-electron chi connectivity index (χ3n) is 3.96. The van der Waals surface area contributed by atoms with Crippen molar-refractivity contribution >= 4 is 21.4 Å². The summed E-state index contributed by atoms with van der Waals surface area (Å²) in [5, 5.41) is 13.7. The third kappa shape index (κ3) is 3.41. The van der Waals surface area contributed by atoms with Crippen LogP contribution in [0.25, 0.3) is 0 Å². The molecule has 0 spiro atoms. The zero-order valence-corrected chi connectivity index (χ0v) is 14.8. The lowest BCUT2D eigenvalue weighted by Crippen LogP contribution is -2.29. The molecule has 0 fully saturated rings. The van der Waals surface area contributed by atoms with Crippen LogP contribution in [0.2, 0.25) is 0 Å². The molecular weight excluding hydrogens is 318 g/mol. The van der Waals surface area contributed by atoms with Crippen molar-refractivity contribution in [2.45, 2.75) is 38.7 Å². The summed E-state index contributed by atoms with van der Waals surface area (Å²) in [6, 6.07) is 3.78. The van der Waals surface area contributed by atoms with Gasteiger partial charge in [-0.05, 0) is 72.3 Å². The van der Waals surface area contributed by atoms with Crippen molar-refractivity contribution in [1.29, 1.82) is 0 Å². The standard InChI is InChI=1S/C16H21NO3S2/c1-10-7-11(2)13(4)16(12(10)3)22(19,20)17-8-15(18)14-5-6-21-9-14/h5-7,9,15,17-18H,8H2,1-4H3. The first-order chi connectivity index (χ1) is 10.2. The van der Waals surface area contributed by atoms with Gasteiger partial charge in [-0.15, -0.1) is 0 Å². The minimum atomic E-state index is -3.66. The van der Waals surface area contributed by atoms with Crippen molar-refractivity contribution in [2.24, 2.45) is 0 Å². The lowest BCUT2D eigenvalue weighted by atomic mass is 10.0. The van der Waals surface area contributed by atoms with Crippen molar-refractivity contribution in [1.82, 2.24) is 4.72 Å². The molecule has 0 aliphatic carbocycles. The van der Waals surface area contributed by atoms with Gasteiger partial charge in [-0.1, -0.05) is 6.07 Å². The molecule has 1 heterocycles. The van der Waals surface area contributed by atoms with E-state index in [1.807, 2.05) is 44.5 Å². The fourth-order valence-electron chi connectivity index (χ4n) is 2.43. The highest BCUT2D eigenvalue weighted by molar-refractivity contribution is 7.89. The lowest BCUT2D eigenvalue weighted by Gasteiger charge is -2.17. The maximum atomic E-state index is 12.6. The van der Waals surface area contributed by atoms with Crippen molar-refractivity contribution in [2.75, 3.05) is 6.54 Å². The summed E-state index contributed by atoms with van der Waals surface area (Å²) < 4.78 is 27.8. The Morgan fingerprint density at radius 2 is 1.77 bits per heavy atom. The van der Waals surface area contributed by atoms with E-state index in [1.54, 1.807) is 6.07 Å². The summed E-state index contributed by atoms with van der Waals surface area (Å²) in [7, 11) is -3.66. The summed E-state index contributed by atoms with van der Waals surface area (Å²) >= 11 is 1.47. The van der Waals surface area contributed by atoms with Crippen molar-refractivity contribution in [3.63, 3.8) is 0 Å². The largest absolute Gasteiger partial charge is 0.387 e. The van der Waals surface area contributed by atoms with E-state index < -0.39 is 16.1 Å². The molecule has 0 aliphatic heterocycles. The van der Waals surface area contributed by atoms with Gasteiger partial charge in [0.2, 0.25) is 10.0 Å². The van der Waals surface area contributed by atoms with Gasteiger partial charge in [0.1, 0.15) is 0 Å². The van der Waals surface area contributed by atoms with E-state index >= 15 is 0 Å². The van der Waals surface area contributed by atoms with Crippen LogP contribution in [0.1, 0.15) is 33.9 Å². The highest BCUT2D eigenvalue weighted by Crippen LogP contribution is 2.26. The smallest absolute Gasteiger partial charge is 0.241 e. The SMILES string of the molecule is Cc1cc(C)c(C)c(S(=O)(=O)NCC(O)c2ccsc2)c1C. The van der Waals surface area contributed by atoms with Crippen LogP contribution in [0, 0.1) is 27.7 Å². The summed E-state index contributed by atoms with van der Waals surface area (Å²) in [6.45, 7) is 7.39. The van der Waals surface area contributed by atoms with Gasteiger partial charge in [0.25, 0.3) is 0 Å². The molecule has 1 atom stereocenters. The predicted octanol–water partition coefficient (Wildman–Crippen LogP) is 2.99. The Morgan fingerprint density at radius 1 is 1.18 bits per heavy atom. The number of rotatable bonds is 5. The second-order valence-electron chi connectivity index (χ2n) is 5.51. The monoisotopic (exact) mass is 339 g/mol. The van der Waals surface area contributed by atoms with Gasteiger partial charge in [-0.3, -0.25) is 0 Å². The van der Waals surface area contributed by atoms with Gasteiger partial charge in [0.15, 0.2) is 0 Å². The van der Waals surface area contributed by atoms with E-state index in [9.17, 15) is 13.5 Å². The highest BCUT2D eigenvalue weighted by Gasteiger charge is 2.23. The molecule has 1 unspecified atom stereocenters. The van der Waals surface area contributed by atoms with Crippen LogP contribution in [-0.4, -0.2) is 20.1 Å². The van der Waals surface area contributed by atoms with Gasteiger partial charge in [0.05, 0.1) is 11.0 Å². The molecule has 0 bridgehead atoms. The number of aliphatic hydroxyl groups is 1. The number of hydrogen-bond donors (Lipinski definition) is 2. The van der Waals surface area contributed by atoms with Crippen molar-refractivity contribution < 1.29 is 13.5 Å². The van der Waals surface area contributed by atoms with Crippen LogP contribution in [0.15, 0.2) is 27.8 Å². The van der Waals surface area contributed by atoms with E-state index in [1.165, 1.54) is 11.3 Å². The molecule has 2 N–H and O–H groups in total. The zero-order valence-electron chi connectivity index (χ0n) is 13.2. The fraction of sp³-hybridized carbons (Fsp3) is 0.375. The van der Waals surface area contributed by atoms with Gasteiger partial charge in [-0.2, -0.15) is 11.3 Å². The maximum absolute atomic E-state index is 12.6. The average molecular weight is 339 g/mol. The minimum absolute atomic E-state index is 0.0368. The van der Waals surface area contributed by atoms with E-state index in [0.717, 1.165) is 27.8 Å². The van der Waals surface area contributed by atoms with Crippen molar-refractivity contribution in [3.8, 4) is 0 Å². The van der Waals surface area contributed by atoms with E-state index in [-0.39, 0.29) is 6.54 Å². The molecule has 1 aromatic carbocycles.